The number of fused-ring (bicyclic) bond motifs is 3. The summed E-state index contributed by atoms with van der Waals surface area (Å²) in [5.41, 5.74) is 5.83. The summed E-state index contributed by atoms with van der Waals surface area (Å²) in [6.07, 6.45) is 1.91. The number of hydrogen-bond donors (Lipinski definition) is 0. The van der Waals surface area contributed by atoms with Crippen LogP contribution in [-0.4, -0.2) is 48.9 Å². The van der Waals surface area contributed by atoms with E-state index in [9.17, 15) is 5.26 Å². The third kappa shape index (κ3) is 3.24. The highest BCUT2D eigenvalue weighted by molar-refractivity contribution is 5.86. The maximum atomic E-state index is 10.1. The molecule has 2 fully saturated rings. The van der Waals surface area contributed by atoms with Crippen molar-refractivity contribution in [1.29, 1.82) is 5.26 Å². The highest BCUT2D eigenvalue weighted by Gasteiger charge is 2.29. The number of nitrogens with zero attached hydrogens (tertiary/aromatic N) is 4. The van der Waals surface area contributed by atoms with Gasteiger partial charge in [0.1, 0.15) is 11.9 Å². The van der Waals surface area contributed by atoms with Crippen molar-refractivity contribution in [3.05, 3.63) is 41.0 Å². The second kappa shape index (κ2) is 8.19. The van der Waals surface area contributed by atoms with E-state index in [1.807, 2.05) is 18.2 Å². The molecule has 3 aromatic rings. The third-order valence-electron chi connectivity index (χ3n) is 6.06. The van der Waals surface area contributed by atoms with Crippen molar-refractivity contribution in [2.75, 3.05) is 44.4 Å². The Bertz CT molecular complexity index is 1080. The average Bonchev–Trinajstić information content (AvgIpc) is 3.13. The first-order valence-electron chi connectivity index (χ1n) is 10.0. The monoisotopic (exact) mass is 412 g/mol. The number of ether oxygens (including phenoxy) is 2. The molecule has 1 aromatic carbocycles. The minimum absolute atomic E-state index is 0. The van der Waals surface area contributed by atoms with Crippen LogP contribution in [0, 0.1) is 18.3 Å². The van der Waals surface area contributed by atoms with Crippen LogP contribution in [0.25, 0.3) is 16.7 Å². The van der Waals surface area contributed by atoms with Gasteiger partial charge in [-0.2, -0.15) is 5.26 Å². The molecule has 0 radical (unpaired) electrons. The van der Waals surface area contributed by atoms with Gasteiger partial charge in [0.2, 0.25) is 0 Å². The van der Waals surface area contributed by atoms with Crippen LogP contribution in [0.15, 0.2) is 24.3 Å². The van der Waals surface area contributed by atoms with Crippen LogP contribution >= 0.6 is 12.4 Å². The molecule has 2 aliphatic heterocycles. The van der Waals surface area contributed by atoms with Crippen molar-refractivity contribution in [3.63, 3.8) is 0 Å². The van der Waals surface area contributed by atoms with Crippen molar-refractivity contribution in [3.8, 4) is 6.07 Å². The Morgan fingerprint density at radius 3 is 2.48 bits per heavy atom. The van der Waals surface area contributed by atoms with Gasteiger partial charge in [-0.1, -0.05) is 12.1 Å². The standard InChI is InChI=1S/C22H24N4O2.ClH/c1-15-20(16-6-10-27-11-7-16)17(14-23)21-24-18-4-2-3-5-19(18)26(21)22(15)25-8-12-28-13-9-25;/h2-5,16H,6-13H2,1H3;1H. The molecular formula is C22H25ClN4O2. The van der Waals surface area contributed by atoms with E-state index in [1.54, 1.807) is 0 Å². The van der Waals surface area contributed by atoms with Crippen molar-refractivity contribution >= 4 is 34.9 Å². The first-order valence-corrected chi connectivity index (χ1v) is 10.0. The maximum absolute atomic E-state index is 10.1. The van der Waals surface area contributed by atoms with Crippen LogP contribution in [-0.2, 0) is 9.47 Å². The minimum Gasteiger partial charge on any atom is -0.381 e. The molecular weight excluding hydrogens is 388 g/mol. The van der Waals surface area contributed by atoms with E-state index in [0.29, 0.717) is 5.92 Å². The van der Waals surface area contributed by atoms with Crippen LogP contribution in [0.4, 0.5) is 5.82 Å². The summed E-state index contributed by atoms with van der Waals surface area (Å²) in [6, 6.07) is 10.7. The van der Waals surface area contributed by atoms with E-state index in [2.05, 4.69) is 28.4 Å². The second-order valence-corrected chi connectivity index (χ2v) is 7.59. The lowest BCUT2D eigenvalue weighted by atomic mass is 9.86. The molecule has 2 saturated heterocycles. The first kappa shape index (κ1) is 20.0. The van der Waals surface area contributed by atoms with Gasteiger partial charge < -0.3 is 14.4 Å². The first-order chi connectivity index (χ1) is 13.8. The number of hydrogen-bond acceptors (Lipinski definition) is 5. The summed E-state index contributed by atoms with van der Waals surface area (Å²) < 4.78 is 13.4. The van der Waals surface area contributed by atoms with Gasteiger partial charge in [-0.3, -0.25) is 4.40 Å². The zero-order valence-electron chi connectivity index (χ0n) is 16.6. The van der Waals surface area contributed by atoms with Crippen LogP contribution in [0.3, 0.4) is 0 Å². The zero-order valence-corrected chi connectivity index (χ0v) is 17.4. The molecule has 0 unspecified atom stereocenters. The van der Waals surface area contributed by atoms with Gasteiger partial charge in [-0.15, -0.1) is 12.4 Å². The number of morpholine rings is 1. The third-order valence-corrected chi connectivity index (χ3v) is 6.06. The Labute approximate surface area is 176 Å². The quantitative estimate of drug-likeness (QED) is 0.640. The van der Waals surface area contributed by atoms with Gasteiger partial charge in [0.05, 0.1) is 29.8 Å². The molecule has 5 rings (SSSR count). The Balaban J connectivity index is 0.00000205. The van der Waals surface area contributed by atoms with Crippen LogP contribution in [0.5, 0.6) is 0 Å². The smallest absolute Gasteiger partial charge is 0.157 e. The van der Waals surface area contributed by atoms with Gasteiger partial charge in [-0.05, 0) is 48.9 Å². The lowest BCUT2D eigenvalue weighted by molar-refractivity contribution is 0.0851. The summed E-state index contributed by atoms with van der Waals surface area (Å²) in [7, 11) is 0. The number of benzene rings is 1. The normalized spacial score (nSPS) is 18.0. The number of rotatable bonds is 2. The van der Waals surface area contributed by atoms with E-state index >= 15 is 0 Å². The number of anilines is 1. The molecule has 0 aliphatic carbocycles. The van der Waals surface area contributed by atoms with Gasteiger partial charge in [0, 0.05) is 26.3 Å². The highest BCUT2D eigenvalue weighted by Crippen LogP contribution is 2.39. The van der Waals surface area contributed by atoms with Gasteiger partial charge in [0.15, 0.2) is 5.65 Å². The van der Waals surface area contributed by atoms with E-state index < -0.39 is 0 Å². The van der Waals surface area contributed by atoms with E-state index in [0.717, 1.165) is 86.0 Å². The van der Waals surface area contributed by atoms with Gasteiger partial charge >= 0.3 is 0 Å². The Morgan fingerprint density at radius 1 is 1.07 bits per heavy atom. The fourth-order valence-electron chi connectivity index (χ4n) is 4.76. The molecule has 0 saturated carbocycles. The average molecular weight is 413 g/mol. The molecule has 0 spiro atoms. The molecule has 2 aliphatic rings. The molecule has 2 aromatic heterocycles. The number of para-hydroxylation sites is 2. The SMILES string of the molecule is Cc1c(C2CCOCC2)c(C#N)c2nc3ccccc3n2c1N1CCOCC1.Cl. The van der Waals surface area contributed by atoms with Gasteiger partial charge in [-0.25, -0.2) is 4.98 Å². The number of nitriles is 1. The molecule has 6 nitrogen and oxygen atoms in total. The lowest BCUT2D eigenvalue weighted by Crippen LogP contribution is -2.38. The predicted octanol–water partition coefficient (Wildman–Crippen LogP) is 3.82. The Morgan fingerprint density at radius 2 is 1.76 bits per heavy atom. The summed E-state index contributed by atoms with van der Waals surface area (Å²) in [5.74, 6) is 1.50. The fourth-order valence-corrected chi connectivity index (χ4v) is 4.76. The number of aromatic nitrogens is 2. The van der Waals surface area contributed by atoms with Crippen LogP contribution < -0.4 is 4.90 Å². The zero-order chi connectivity index (χ0) is 19.1. The predicted molar refractivity (Wildman–Crippen MR) is 115 cm³/mol. The maximum Gasteiger partial charge on any atom is 0.157 e. The fraction of sp³-hybridized carbons (Fsp3) is 0.455. The molecule has 0 bridgehead atoms. The number of pyridine rings is 1. The summed E-state index contributed by atoms with van der Waals surface area (Å²) in [4.78, 5) is 7.28. The molecule has 0 atom stereocenters. The number of imidazole rings is 1. The van der Waals surface area contributed by atoms with Crippen LogP contribution in [0.1, 0.15) is 35.4 Å². The van der Waals surface area contributed by atoms with Crippen molar-refractivity contribution in [1.82, 2.24) is 9.38 Å². The Kier molecular flexibility index (Phi) is 5.64. The second-order valence-electron chi connectivity index (χ2n) is 7.59. The van der Waals surface area contributed by atoms with E-state index in [4.69, 9.17) is 14.5 Å². The molecule has 0 N–H and O–H groups in total. The summed E-state index contributed by atoms with van der Waals surface area (Å²) in [6.45, 7) is 6.82. The minimum atomic E-state index is 0. The van der Waals surface area contributed by atoms with Crippen LogP contribution in [0.2, 0.25) is 0 Å². The molecule has 7 heteroatoms. The largest absolute Gasteiger partial charge is 0.381 e. The highest BCUT2D eigenvalue weighted by atomic mass is 35.5. The van der Waals surface area contributed by atoms with Crippen molar-refractivity contribution in [2.45, 2.75) is 25.7 Å². The van der Waals surface area contributed by atoms with E-state index in [1.165, 1.54) is 5.56 Å². The molecule has 152 valence electrons. The Hall–Kier alpha value is -2.33. The van der Waals surface area contributed by atoms with Crippen molar-refractivity contribution < 1.29 is 9.47 Å². The molecule has 29 heavy (non-hydrogen) atoms. The van der Waals surface area contributed by atoms with Gasteiger partial charge in [0.25, 0.3) is 0 Å². The van der Waals surface area contributed by atoms with E-state index in [-0.39, 0.29) is 12.4 Å². The topological polar surface area (TPSA) is 62.8 Å². The lowest BCUT2D eigenvalue weighted by Gasteiger charge is -2.33. The molecule has 4 heterocycles. The van der Waals surface area contributed by atoms with Crippen molar-refractivity contribution in [2.24, 2.45) is 0 Å². The summed E-state index contributed by atoms with van der Waals surface area (Å²) in [5, 5.41) is 10.1. The molecule has 0 amide bonds. The number of halogens is 1. The summed E-state index contributed by atoms with van der Waals surface area (Å²) >= 11 is 0.